The number of hydrogen-bond donors (Lipinski definition) is 2. The fraction of sp³-hybridized carbons (Fsp3) is 0.500. The molecule has 0 fully saturated rings. The molecule has 0 aliphatic carbocycles. The molecule has 0 spiro atoms. The second kappa shape index (κ2) is 17.6. The number of carbonyl (C=O) groups excluding carboxylic acids is 3. The highest BCUT2D eigenvalue weighted by molar-refractivity contribution is 7.51. The average molecular weight is 592 g/mol. The molecule has 0 saturated carbocycles. The number of ether oxygens (including phenoxy) is 3. The van der Waals surface area contributed by atoms with Crippen LogP contribution in [0.3, 0.4) is 0 Å². The molecule has 0 heterocycles. The summed E-state index contributed by atoms with van der Waals surface area (Å²) in [5.41, 5.74) is 1.83. The normalized spacial score (nSPS) is 12.3. The molecule has 41 heavy (non-hydrogen) atoms. The van der Waals surface area contributed by atoms with Crippen LogP contribution in [0.1, 0.15) is 68.6 Å². The molecule has 1 amide bonds. The van der Waals surface area contributed by atoms with E-state index in [4.69, 9.17) is 23.6 Å². The van der Waals surface area contributed by atoms with Gasteiger partial charge in [0.05, 0.1) is 13.7 Å². The minimum Gasteiger partial charge on any atom is -0.497 e. The summed E-state index contributed by atoms with van der Waals surface area (Å²) in [6.45, 7) is 3.08. The molecule has 0 aromatic heterocycles. The Morgan fingerprint density at radius 2 is 1.44 bits per heavy atom. The number of nitrogens with one attached hydrogen (secondary N) is 1. The van der Waals surface area contributed by atoms with Crippen LogP contribution in [0.25, 0.3) is 11.1 Å². The Bertz CT molecular complexity index is 1210. The van der Waals surface area contributed by atoms with Crippen molar-refractivity contribution in [3.05, 3.63) is 42.0 Å². The second-order valence-corrected chi connectivity index (χ2v) is 11.6. The lowest BCUT2D eigenvalue weighted by molar-refractivity contribution is -0.122. The summed E-state index contributed by atoms with van der Waals surface area (Å²) >= 11 is 0. The zero-order chi connectivity index (χ0) is 30.3. The van der Waals surface area contributed by atoms with Crippen molar-refractivity contribution >= 4 is 25.1 Å². The number of ketones is 2. The standard InChI is InChI=1S/C30H42NO9P/c1-5-11-25(32)20-38-27-16-22(23-15-26(37-3)19-28(17-23)39-21-30(34)31-2)14-24(18-27)29(33)12-9-7-6-8-10-13-40-41(4,35)36/h14-19H,5-13,20-21H2,1-4H3,(H,31,34)(H,35,36). The zero-order valence-electron chi connectivity index (χ0n) is 24.4. The molecule has 1 atom stereocenters. The van der Waals surface area contributed by atoms with E-state index in [0.29, 0.717) is 59.6 Å². The van der Waals surface area contributed by atoms with Gasteiger partial charge in [0.25, 0.3) is 5.91 Å². The highest BCUT2D eigenvalue weighted by Crippen LogP contribution is 2.36. The number of methoxy groups -OCH3 is 1. The maximum atomic E-state index is 13.2. The third-order valence-corrected chi connectivity index (χ3v) is 6.80. The van der Waals surface area contributed by atoms with Crippen LogP contribution in [-0.2, 0) is 18.7 Å². The van der Waals surface area contributed by atoms with E-state index in [-0.39, 0.29) is 37.3 Å². The molecule has 2 N–H and O–H groups in total. The molecule has 11 heteroatoms. The summed E-state index contributed by atoms with van der Waals surface area (Å²) in [5.74, 6) is 0.987. The van der Waals surface area contributed by atoms with Gasteiger partial charge in [-0.1, -0.05) is 26.2 Å². The van der Waals surface area contributed by atoms with Crippen LogP contribution in [0.15, 0.2) is 36.4 Å². The van der Waals surface area contributed by atoms with Crippen LogP contribution >= 0.6 is 7.60 Å². The SMILES string of the molecule is CCCC(=O)COc1cc(C(=O)CCCCCCCOP(C)(=O)O)cc(-c2cc(OC)cc(OCC(=O)NC)c2)c1. The van der Waals surface area contributed by atoms with E-state index >= 15 is 0 Å². The van der Waals surface area contributed by atoms with Crippen molar-refractivity contribution in [1.29, 1.82) is 0 Å². The third-order valence-electron chi connectivity index (χ3n) is 6.13. The first-order valence-electron chi connectivity index (χ1n) is 13.8. The summed E-state index contributed by atoms with van der Waals surface area (Å²) in [7, 11) is -0.389. The van der Waals surface area contributed by atoms with Crippen LogP contribution in [0, 0.1) is 0 Å². The van der Waals surface area contributed by atoms with Crippen LogP contribution in [-0.4, -0.2) is 63.0 Å². The Morgan fingerprint density at radius 1 is 0.829 bits per heavy atom. The molecule has 0 aliphatic rings. The number of carbonyl (C=O) groups is 3. The average Bonchev–Trinajstić information content (AvgIpc) is 2.95. The zero-order valence-corrected chi connectivity index (χ0v) is 25.3. The molecule has 0 bridgehead atoms. The van der Waals surface area contributed by atoms with E-state index < -0.39 is 7.60 Å². The lowest BCUT2D eigenvalue weighted by atomic mass is 9.98. The van der Waals surface area contributed by atoms with E-state index in [1.807, 2.05) is 6.92 Å². The summed E-state index contributed by atoms with van der Waals surface area (Å²) < 4.78 is 32.9. The van der Waals surface area contributed by atoms with Crippen molar-refractivity contribution in [2.24, 2.45) is 0 Å². The van der Waals surface area contributed by atoms with Gasteiger partial charge in [0.2, 0.25) is 0 Å². The minimum atomic E-state index is -3.44. The summed E-state index contributed by atoms with van der Waals surface area (Å²) in [4.78, 5) is 46.1. The number of amides is 1. The second-order valence-electron chi connectivity index (χ2n) is 9.76. The monoisotopic (exact) mass is 591 g/mol. The molecule has 2 aromatic rings. The summed E-state index contributed by atoms with van der Waals surface area (Å²) in [5, 5.41) is 2.51. The van der Waals surface area contributed by atoms with Gasteiger partial charge < -0.3 is 28.9 Å². The predicted octanol–water partition coefficient (Wildman–Crippen LogP) is 5.59. The fourth-order valence-electron chi connectivity index (χ4n) is 3.98. The Morgan fingerprint density at radius 3 is 2.10 bits per heavy atom. The van der Waals surface area contributed by atoms with Crippen LogP contribution in [0.4, 0.5) is 0 Å². The smallest absolute Gasteiger partial charge is 0.325 e. The Labute approximate surface area is 242 Å². The summed E-state index contributed by atoms with van der Waals surface area (Å²) in [6, 6.07) is 10.4. The molecule has 0 saturated heterocycles. The molecular weight excluding hydrogens is 549 g/mol. The highest BCUT2D eigenvalue weighted by atomic mass is 31.2. The minimum absolute atomic E-state index is 0.0248. The maximum Gasteiger partial charge on any atom is 0.325 e. The lowest BCUT2D eigenvalue weighted by Gasteiger charge is -2.14. The molecule has 2 aromatic carbocycles. The number of likely N-dealkylation sites (N-methyl/N-ethyl adjacent to an activating group) is 1. The number of Topliss-reactive ketones (excluding diaryl/α,β-unsaturated/α-hetero) is 2. The van der Waals surface area contributed by atoms with Crippen molar-refractivity contribution in [2.45, 2.75) is 58.3 Å². The summed E-state index contributed by atoms with van der Waals surface area (Å²) in [6.07, 6.45) is 5.41. The van der Waals surface area contributed by atoms with E-state index in [1.165, 1.54) is 20.8 Å². The van der Waals surface area contributed by atoms with Crippen molar-refractivity contribution in [3.63, 3.8) is 0 Å². The van der Waals surface area contributed by atoms with Crippen molar-refractivity contribution in [3.8, 4) is 28.4 Å². The van der Waals surface area contributed by atoms with Gasteiger partial charge in [0.15, 0.2) is 18.2 Å². The van der Waals surface area contributed by atoms with E-state index in [1.54, 1.807) is 36.4 Å². The third kappa shape index (κ3) is 13.3. The van der Waals surface area contributed by atoms with E-state index in [0.717, 1.165) is 25.7 Å². The van der Waals surface area contributed by atoms with E-state index in [2.05, 4.69) is 5.32 Å². The van der Waals surface area contributed by atoms with Gasteiger partial charge in [-0.2, -0.15) is 0 Å². The van der Waals surface area contributed by atoms with Crippen molar-refractivity contribution in [1.82, 2.24) is 5.32 Å². The van der Waals surface area contributed by atoms with Gasteiger partial charge >= 0.3 is 7.60 Å². The highest BCUT2D eigenvalue weighted by Gasteiger charge is 2.14. The van der Waals surface area contributed by atoms with Gasteiger partial charge in [-0.25, -0.2) is 0 Å². The van der Waals surface area contributed by atoms with Crippen LogP contribution in [0.5, 0.6) is 17.2 Å². The van der Waals surface area contributed by atoms with Crippen LogP contribution in [0.2, 0.25) is 0 Å². The quantitative estimate of drug-likeness (QED) is 0.115. The lowest BCUT2D eigenvalue weighted by Crippen LogP contribution is -2.24. The van der Waals surface area contributed by atoms with Gasteiger partial charge in [-0.15, -0.1) is 0 Å². The molecule has 0 aliphatic heterocycles. The topological polar surface area (TPSA) is 137 Å². The molecule has 0 radical (unpaired) electrons. The predicted molar refractivity (Wildman–Crippen MR) is 157 cm³/mol. The molecular formula is C30H42NO9P. The molecule has 1 unspecified atom stereocenters. The maximum absolute atomic E-state index is 13.2. The van der Waals surface area contributed by atoms with Gasteiger partial charge in [-0.05, 0) is 60.7 Å². The molecule has 226 valence electrons. The first-order valence-corrected chi connectivity index (χ1v) is 15.9. The number of unbranched alkanes of at least 4 members (excludes halogenated alkanes) is 4. The largest absolute Gasteiger partial charge is 0.497 e. The number of hydrogen-bond acceptors (Lipinski definition) is 8. The molecule has 10 nitrogen and oxygen atoms in total. The van der Waals surface area contributed by atoms with Crippen molar-refractivity contribution < 1.29 is 42.6 Å². The Balaban J connectivity index is 2.18. The number of benzene rings is 2. The first kappa shape index (κ1) is 34.0. The van der Waals surface area contributed by atoms with Crippen molar-refractivity contribution in [2.75, 3.05) is 40.6 Å². The first-order chi connectivity index (χ1) is 19.5. The van der Waals surface area contributed by atoms with E-state index in [9.17, 15) is 18.9 Å². The molecule has 2 rings (SSSR count). The Hall–Kier alpha value is -3.20. The van der Waals surface area contributed by atoms with Gasteiger partial charge in [-0.3, -0.25) is 18.9 Å². The van der Waals surface area contributed by atoms with Crippen LogP contribution < -0.4 is 19.5 Å². The number of rotatable bonds is 20. The van der Waals surface area contributed by atoms with Gasteiger partial charge in [0, 0.05) is 38.2 Å². The Kier molecular flexibility index (Phi) is 14.6. The fourth-order valence-corrected chi connectivity index (χ4v) is 4.45. The van der Waals surface area contributed by atoms with Gasteiger partial charge in [0.1, 0.15) is 23.9 Å².